The smallest absolute Gasteiger partial charge is 0.133 e. The van der Waals surface area contributed by atoms with Crippen molar-refractivity contribution in [2.24, 2.45) is 0 Å². The average Bonchev–Trinajstić information content (AvgIpc) is 3.33. The van der Waals surface area contributed by atoms with Crippen molar-refractivity contribution in [2.75, 3.05) is 6.54 Å². The highest BCUT2D eigenvalue weighted by Crippen LogP contribution is 2.41. The van der Waals surface area contributed by atoms with Crippen LogP contribution < -0.4 is 5.32 Å². The summed E-state index contributed by atoms with van der Waals surface area (Å²) in [4.78, 5) is 9.70. The van der Waals surface area contributed by atoms with Gasteiger partial charge >= 0.3 is 0 Å². The Morgan fingerprint density at radius 1 is 1.14 bits per heavy atom. The summed E-state index contributed by atoms with van der Waals surface area (Å²) < 4.78 is 0. The minimum Gasteiger partial charge on any atom is -0.312 e. The van der Waals surface area contributed by atoms with Crippen LogP contribution in [0.5, 0.6) is 0 Å². The molecule has 0 atom stereocenters. The van der Waals surface area contributed by atoms with E-state index < -0.39 is 0 Å². The number of fused-ring (bicyclic) bond motifs is 1. The van der Waals surface area contributed by atoms with E-state index in [9.17, 15) is 0 Å². The van der Waals surface area contributed by atoms with Crippen LogP contribution in [-0.2, 0) is 19.4 Å². The maximum atomic E-state index is 5.95. The molecule has 0 spiro atoms. The number of hydrogen-bond donors (Lipinski definition) is 1. The van der Waals surface area contributed by atoms with Crippen LogP contribution in [0.4, 0.5) is 0 Å². The van der Waals surface area contributed by atoms with Crippen LogP contribution in [0, 0.1) is 0 Å². The molecular formula is C17H18ClN3. The molecule has 21 heavy (non-hydrogen) atoms. The first-order chi connectivity index (χ1) is 10.3. The Morgan fingerprint density at radius 2 is 1.95 bits per heavy atom. The summed E-state index contributed by atoms with van der Waals surface area (Å²) in [6, 6.07) is 7.98. The third kappa shape index (κ3) is 2.81. The van der Waals surface area contributed by atoms with E-state index in [1.807, 2.05) is 12.1 Å². The molecule has 2 heterocycles. The van der Waals surface area contributed by atoms with Gasteiger partial charge in [-0.1, -0.05) is 23.7 Å². The Kier molecular flexibility index (Phi) is 3.40. The van der Waals surface area contributed by atoms with Gasteiger partial charge in [0.25, 0.3) is 0 Å². The number of benzene rings is 1. The Hall–Kier alpha value is -1.45. The van der Waals surface area contributed by atoms with E-state index in [0.29, 0.717) is 5.92 Å². The van der Waals surface area contributed by atoms with Crippen LogP contribution in [0.2, 0.25) is 5.02 Å². The van der Waals surface area contributed by atoms with E-state index in [1.54, 1.807) is 0 Å². The van der Waals surface area contributed by atoms with Gasteiger partial charge in [0.2, 0.25) is 0 Å². The van der Waals surface area contributed by atoms with Crippen LogP contribution >= 0.6 is 11.6 Å². The normalized spacial score (nSPS) is 17.6. The summed E-state index contributed by atoms with van der Waals surface area (Å²) in [5.41, 5.74) is 5.14. The lowest BCUT2D eigenvalue weighted by Gasteiger charge is -2.20. The molecule has 2 aliphatic rings. The minimum absolute atomic E-state index is 0.672. The van der Waals surface area contributed by atoms with Crippen LogP contribution in [-0.4, -0.2) is 16.5 Å². The van der Waals surface area contributed by atoms with Gasteiger partial charge in [0.05, 0.1) is 11.4 Å². The zero-order chi connectivity index (χ0) is 14.2. The fourth-order valence-electron chi connectivity index (χ4n) is 2.98. The molecule has 0 amide bonds. The number of hydrogen-bond acceptors (Lipinski definition) is 3. The summed E-state index contributed by atoms with van der Waals surface area (Å²) in [7, 11) is 0. The van der Waals surface area contributed by atoms with Crippen LogP contribution in [0.15, 0.2) is 24.3 Å². The summed E-state index contributed by atoms with van der Waals surface area (Å²) in [5, 5.41) is 4.22. The molecule has 1 fully saturated rings. The molecule has 4 rings (SSSR count). The predicted octanol–water partition coefficient (Wildman–Crippen LogP) is 3.24. The third-order valence-electron chi connectivity index (χ3n) is 4.25. The first-order valence-corrected chi connectivity index (χ1v) is 8.01. The molecule has 1 saturated carbocycles. The Bertz CT molecular complexity index is 662. The fourth-order valence-corrected chi connectivity index (χ4v) is 3.11. The van der Waals surface area contributed by atoms with Gasteiger partial charge in [-0.05, 0) is 30.5 Å². The summed E-state index contributed by atoms with van der Waals surface area (Å²) in [5.74, 6) is 1.63. The number of aromatic nitrogens is 2. The lowest BCUT2D eigenvalue weighted by molar-refractivity contribution is 0.610. The number of nitrogens with zero attached hydrogens (tertiary/aromatic N) is 2. The SMILES string of the molecule is Clc1ccc(Cc2nc3c(c(C4CC4)n2)CNCC3)cc1. The maximum Gasteiger partial charge on any atom is 0.133 e. The van der Waals surface area contributed by atoms with Crippen LogP contribution in [0.25, 0.3) is 0 Å². The van der Waals surface area contributed by atoms with E-state index in [2.05, 4.69) is 17.4 Å². The topological polar surface area (TPSA) is 37.8 Å². The molecule has 0 saturated heterocycles. The first-order valence-electron chi connectivity index (χ1n) is 7.63. The van der Waals surface area contributed by atoms with Gasteiger partial charge in [-0.2, -0.15) is 0 Å². The third-order valence-corrected chi connectivity index (χ3v) is 4.50. The lowest BCUT2D eigenvalue weighted by atomic mass is 10.0. The Morgan fingerprint density at radius 3 is 2.71 bits per heavy atom. The average molecular weight is 300 g/mol. The first kappa shape index (κ1) is 13.2. The monoisotopic (exact) mass is 299 g/mol. The van der Waals surface area contributed by atoms with Gasteiger partial charge in [-0.25, -0.2) is 9.97 Å². The lowest BCUT2D eigenvalue weighted by Crippen LogP contribution is -2.27. The van der Waals surface area contributed by atoms with Crippen molar-refractivity contribution in [3.05, 3.63) is 57.6 Å². The van der Waals surface area contributed by atoms with E-state index >= 15 is 0 Å². The zero-order valence-electron chi connectivity index (χ0n) is 11.9. The van der Waals surface area contributed by atoms with Crippen molar-refractivity contribution < 1.29 is 0 Å². The molecule has 3 nitrogen and oxygen atoms in total. The van der Waals surface area contributed by atoms with Gasteiger partial charge < -0.3 is 5.32 Å². The highest BCUT2D eigenvalue weighted by molar-refractivity contribution is 6.30. The van der Waals surface area contributed by atoms with E-state index in [4.69, 9.17) is 21.6 Å². The van der Waals surface area contributed by atoms with Gasteiger partial charge in [0, 0.05) is 42.4 Å². The number of nitrogens with one attached hydrogen (secondary N) is 1. The van der Waals surface area contributed by atoms with Gasteiger partial charge in [0.1, 0.15) is 5.82 Å². The van der Waals surface area contributed by atoms with Crippen molar-refractivity contribution >= 4 is 11.6 Å². The highest BCUT2D eigenvalue weighted by Gasteiger charge is 2.30. The van der Waals surface area contributed by atoms with E-state index in [0.717, 1.165) is 36.8 Å². The largest absolute Gasteiger partial charge is 0.312 e. The Balaban J connectivity index is 1.68. The van der Waals surface area contributed by atoms with Crippen LogP contribution in [0.1, 0.15) is 47.1 Å². The molecule has 1 aromatic heterocycles. The quantitative estimate of drug-likeness (QED) is 0.945. The molecule has 0 unspecified atom stereocenters. The fraction of sp³-hybridized carbons (Fsp3) is 0.412. The standard InChI is InChI=1S/C17H18ClN3/c18-13-5-1-11(2-6-13)9-16-20-15-7-8-19-10-14(15)17(21-16)12-3-4-12/h1-2,5-6,12,19H,3-4,7-10H2. The van der Waals surface area contributed by atoms with Crippen LogP contribution in [0.3, 0.4) is 0 Å². The summed E-state index contributed by atoms with van der Waals surface area (Å²) in [6.45, 7) is 1.96. The second-order valence-corrected chi connectivity index (χ2v) is 6.39. The van der Waals surface area contributed by atoms with Gasteiger partial charge in [0.15, 0.2) is 0 Å². The molecule has 1 aliphatic carbocycles. The molecule has 1 aromatic carbocycles. The molecule has 0 radical (unpaired) electrons. The van der Waals surface area contributed by atoms with Crippen molar-refractivity contribution in [1.29, 1.82) is 0 Å². The zero-order valence-corrected chi connectivity index (χ0v) is 12.7. The molecule has 1 aliphatic heterocycles. The predicted molar refractivity (Wildman–Crippen MR) is 83.7 cm³/mol. The van der Waals surface area contributed by atoms with Crippen molar-refractivity contribution in [3.63, 3.8) is 0 Å². The van der Waals surface area contributed by atoms with Crippen molar-refractivity contribution in [2.45, 2.75) is 38.1 Å². The summed E-state index contributed by atoms with van der Waals surface area (Å²) >= 11 is 5.95. The molecule has 4 heteroatoms. The summed E-state index contributed by atoms with van der Waals surface area (Å²) in [6.07, 6.45) is 4.37. The van der Waals surface area contributed by atoms with Gasteiger partial charge in [-0.3, -0.25) is 0 Å². The molecule has 108 valence electrons. The highest BCUT2D eigenvalue weighted by atomic mass is 35.5. The minimum atomic E-state index is 0.672. The Labute approximate surface area is 129 Å². The molecule has 0 bridgehead atoms. The van der Waals surface area contributed by atoms with Crippen molar-refractivity contribution in [3.8, 4) is 0 Å². The second-order valence-electron chi connectivity index (χ2n) is 5.95. The molecule has 1 N–H and O–H groups in total. The molecular weight excluding hydrogens is 282 g/mol. The number of halogens is 1. The van der Waals surface area contributed by atoms with E-state index in [1.165, 1.54) is 35.4 Å². The maximum absolute atomic E-state index is 5.95. The number of rotatable bonds is 3. The molecule has 2 aromatic rings. The van der Waals surface area contributed by atoms with Gasteiger partial charge in [-0.15, -0.1) is 0 Å². The van der Waals surface area contributed by atoms with E-state index in [-0.39, 0.29) is 0 Å². The second kappa shape index (κ2) is 5.39. The van der Waals surface area contributed by atoms with Crippen molar-refractivity contribution in [1.82, 2.24) is 15.3 Å².